The quantitative estimate of drug-likeness (QED) is 0.435. The number of halogens is 2. The maximum atomic E-state index is 13.3. The number of anilines is 1. The first-order chi connectivity index (χ1) is 11.5. The Hall–Kier alpha value is -3.28. The van der Waals surface area contributed by atoms with Crippen LogP contribution in [-0.2, 0) is 0 Å². The molecule has 24 heavy (non-hydrogen) atoms. The Morgan fingerprint density at radius 1 is 1.04 bits per heavy atom. The molecule has 1 heterocycles. The number of rotatable bonds is 4. The summed E-state index contributed by atoms with van der Waals surface area (Å²) in [4.78, 5) is 12.0. The predicted octanol–water partition coefficient (Wildman–Crippen LogP) is 3.83. The fourth-order valence-corrected chi connectivity index (χ4v) is 2.13. The Balaban J connectivity index is 1.77. The predicted molar refractivity (Wildman–Crippen MR) is 88.2 cm³/mol. The lowest BCUT2D eigenvalue weighted by Crippen LogP contribution is -1.94. The number of carbonyl (C=O) groups is 1. The van der Waals surface area contributed by atoms with E-state index in [1.165, 1.54) is 12.1 Å². The lowest BCUT2D eigenvalue weighted by Gasteiger charge is -1.97. The van der Waals surface area contributed by atoms with Gasteiger partial charge in [0.2, 0.25) is 0 Å². The topological polar surface area (TPSA) is 71.8 Å². The van der Waals surface area contributed by atoms with Crippen molar-refractivity contribution < 1.29 is 13.6 Å². The van der Waals surface area contributed by atoms with Crippen molar-refractivity contribution in [2.45, 2.75) is 0 Å². The fraction of sp³-hybridized carbons (Fsp3) is 0. The zero-order valence-electron chi connectivity index (χ0n) is 12.5. The maximum absolute atomic E-state index is 13.3. The van der Waals surface area contributed by atoms with E-state index >= 15 is 0 Å². The second kappa shape index (κ2) is 6.45. The lowest BCUT2D eigenvalue weighted by atomic mass is 10.1. The average Bonchev–Trinajstić information content (AvgIpc) is 3.05. The first-order valence-electron chi connectivity index (χ1n) is 7.12. The Morgan fingerprint density at radius 2 is 1.79 bits per heavy atom. The molecule has 0 aliphatic rings. The van der Waals surface area contributed by atoms with Crippen molar-refractivity contribution in [1.82, 2.24) is 10.2 Å². The number of nitrogens with two attached hydrogens (primary N) is 1. The van der Waals surface area contributed by atoms with Gasteiger partial charge in [-0.1, -0.05) is 0 Å². The summed E-state index contributed by atoms with van der Waals surface area (Å²) < 4.78 is 26.2. The van der Waals surface area contributed by atoms with Crippen LogP contribution in [0.25, 0.3) is 17.3 Å². The molecule has 0 saturated heterocycles. The number of allylic oxidation sites excluding steroid dienone is 1. The van der Waals surface area contributed by atoms with Gasteiger partial charge < -0.3 is 5.73 Å². The van der Waals surface area contributed by atoms with Gasteiger partial charge in [-0.3, -0.25) is 9.89 Å². The molecule has 0 bridgehead atoms. The van der Waals surface area contributed by atoms with Crippen LogP contribution in [0.1, 0.15) is 16.1 Å². The van der Waals surface area contributed by atoms with Gasteiger partial charge in [0.25, 0.3) is 0 Å². The molecule has 120 valence electrons. The van der Waals surface area contributed by atoms with E-state index in [0.717, 1.165) is 12.1 Å². The van der Waals surface area contributed by atoms with Gasteiger partial charge in [-0.2, -0.15) is 5.10 Å². The summed E-state index contributed by atoms with van der Waals surface area (Å²) in [6.07, 6.45) is 2.96. The molecule has 0 aliphatic carbocycles. The summed E-state index contributed by atoms with van der Waals surface area (Å²) >= 11 is 0. The molecule has 3 aromatic rings. The summed E-state index contributed by atoms with van der Waals surface area (Å²) in [5.41, 5.74) is 8.14. The third kappa shape index (κ3) is 3.38. The molecule has 3 N–H and O–H groups in total. The van der Waals surface area contributed by atoms with Crippen LogP contribution in [0.5, 0.6) is 0 Å². The largest absolute Gasteiger partial charge is 0.399 e. The third-order valence-electron chi connectivity index (χ3n) is 3.42. The van der Waals surface area contributed by atoms with Crippen molar-refractivity contribution in [3.8, 4) is 11.3 Å². The van der Waals surface area contributed by atoms with E-state index in [0.29, 0.717) is 28.2 Å². The molecule has 6 heteroatoms. The van der Waals surface area contributed by atoms with Crippen LogP contribution in [0.3, 0.4) is 0 Å². The van der Waals surface area contributed by atoms with E-state index in [1.54, 1.807) is 36.4 Å². The lowest BCUT2D eigenvalue weighted by molar-refractivity contribution is 0.104. The molecule has 0 saturated carbocycles. The molecule has 4 nitrogen and oxygen atoms in total. The third-order valence-corrected chi connectivity index (χ3v) is 3.42. The van der Waals surface area contributed by atoms with Crippen LogP contribution in [0, 0.1) is 11.6 Å². The number of carbonyl (C=O) groups excluding carboxylic acids is 1. The molecular weight excluding hydrogens is 312 g/mol. The van der Waals surface area contributed by atoms with Gasteiger partial charge in [0.15, 0.2) is 17.4 Å². The zero-order chi connectivity index (χ0) is 17.1. The smallest absolute Gasteiger partial charge is 0.185 e. The van der Waals surface area contributed by atoms with Crippen molar-refractivity contribution in [2.24, 2.45) is 0 Å². The van der Waals surface area contributed by atoms with Gasteiger partial charge in [-0.05, 0) is 60.7 Å². The molecule has 0 unspecified atom stereocenters. The number of hydrogen-bond donors (Lipinski definition) is 2. The van der Waals surface area contributed by atoms with E-state index in [-0.39, 0.29) is 5.78 Å². The molecule has 1 aromatic heterocycles. The second-order valence-electron chi connectivity index (χ2n) is 5.16. The molecule has 0 atom stereocenters. The summed E-state index contributed by atoms with van der Waals surface area (Å²) in [7, 11) is 0. The number of hydrogen-bond acceptors (Lipinski definition) is 3. The molecule has 0 aliphatic heterocycles. The summed E-state index contributed by atoms with van der Waals surface area (Å²) in [5.74, 6) is -2.03. The Bertz CT molecular complexity index is 914. The minimum Gasteiger partial charge on any atom is -0.399 e. The number of benzene rings is 2. The number of nitrogen functional groups attached to an aromatic ring is 1. The summed E-state index contributed by atoms with van der Waals surface area (Å²) in [6, 6.07) is 11.8. The van der Waals surface area contributed by atoms with Crippen LogP contribution in [0.2, 0.25) is 0 Å². The van der Waals surface area contributed by atoms with E-state index in [2.05, 4.69) is 10.2 Å². The standard InChI is InChI=1S/C18H13F2N3O/c19-15-7-3-12(9-16(15)20)17-10-14(22-23-17)6-8-18(24)11-1-4-13(21)5-2-11/h1-10H,21H2,(H,22,23). The highest BCUT2D eigenvalue weighted by Crippen LogP contribution is 2.20. The molecule has 0 radical (unpaired) electrons. The highest BCUT2D eigenvalue weighted by Gasteiger charge is 2.07. The fourth-order valence-electron chi connectivity index (χ4n) is 2.13. The Kier molecular flexibility index (Phi) is 4.20. The van der Waals surface area contributed by atoms with Gasteiger partial charge >= 0.3 is 0 Å². The van der Waals surface area contributed by atoms with Crippen molar-refractivity contribution >= 4 is 17.5 Å². The second-order valence-corrected chi connectivity index (χ2v) is 5.16. The minimum atomic E-state index is -0.939. The van der Waals surface area contributed by atoms with E-state index in [1.807, 2.05) is 0 Å². The van der Waals surface area contributed by atoms with Gasteiger partial charge in [0.1, 0.15) is 0 Å². The number of nitrogens with zero attached hydrogens (tertiary/aromatic N) is 1. The highest BCUT2D eigenvalue weighted by atomic mass is 19.2. The number of ketones is 1. The van der Waals surface area contributed by atoms with Gasteiger partial charge in [0.05, 0.1) is 11.4 Å². The van der Waals surface area contributed by atoms with Crippen LogP contribution in [0.15, 0.2) is 54.6 Å². The number of nitrogens with one attached hydrogen (secondary N) is 1. The van der Waals surface area contributed by atoms with E-state index in [9.17, 15) is 13.6 Å². The molecule has 0 amide bonds. The molecule has 2 aromatic carbocycles. The number of H-pyrrole nitrogens is 1. The number of aromatic nitrogens is 2. The Morgan fingerprint density at radius 3 is 2.50 bits per heavy atom. The monoisotopic (exact) mass is 325 g/mol. The first-order valence-corrected chi connectivity index (χ1v) is 7.12. The molecule has 0 spiro atoms. The highest BCUT2D eigenvalue weighted by molar-refractivity contribution is 6.06. The molecular formula is C18H13F2N3O. The summed E-state index contributed by atoms with van der Waals surface area (Å²) in [5, 5.41) is 6.76. The van der Waals surface area contributed by atoms with Crippen LogP contribution in [0.4, 0.5) is 14.5 Å². The molecule has 0 fully saturated rings. The summed E-state index contributed by atoms with van der Waals surface area (Å²) in [6.45, 7) is 0. The normalized spacial score (nSPS) is 11.1. The van der Waals surface area contributed by atoms with Crippen molar-refractivity contribution in [3.63, 3.8) is 0 Å². The van der Waals surface area contributed by atoms with Crippen molar-refractivity contribution in [3.05, 3.63) is 77.5 Å². The van der Waals surface area contributed by atoms with Crippen LogP contribution in [-0.4, -0.2) is 16.0 Å². The van der Waals surface area contributed by atoms with Gasteiger partial charge in [-0.15, -0.1) is 0 Å². The first kappa shape index (κ1) is 15.6. The van der Waals surface area contributed by atoms with Crippen molar-refractivity contribution in [1.29, 1.82) is 0 Å². The Labute approximate surface area is 136 Å². The van der Waals surface area contributed by atoms with Gasteiger partial charge in [-0.25, -0.2) is 8.78 Å². The van der Waals surface area contributed by atoms with Crippen molar-refractivity contribution in [2.75, 3.05) is 5.73 Å². The molecule has 3 rings (SSSR count). The van der Waals surface area contributed by atoms with E-state index in [4.69, 9.17) is 5.73 Å². The van der Waals surface area contributed by atoms with Crippen LogP contribution >= 0.6 is 0 Å². The zero-order valence-corrected chi connectivity index (χ0v) is 12.5. The minimum absolute atomic E-state index is 0.182. The van der Waals surface area contributed by atoms with Gasteiger partial charge in [0, 0.05) is 16.8 Å². The number of aromatic amines is 1. The van der Waals surface area contributed by atoms with Crippen LogP contribution < -0.4 is 5.73 Å². The average molecular weight is 325 g/mol. The van der Waals surface area contributed by atoms with E-state index < -0.39 is 11.6 Å². The SMILES string of the molecule is Nc1ccc(C(=O)C=Cc2cc(-c3ccc(F)c(F)c3)n[nH]2)cc1. The maximum Gasteiger partial charge on any atom is 0.185 e.